The van der Waals surface area contributed by atoms with Crippen LogP contribution in [0.15, 0.2) is 18.5 Å². The minimum Gasteiger partial charge on any atom is -0.310 e. The summed E-state index contributed by atoms with van der Waals surface area (Å²) in [6.07, 6.45) is 1.54. The topological polar surface area (TPSA) is 90.0 Å². The van der Waals surface area contributed by atoms with Crippen molar-refractivity contribution in [1.82, 2.24) is 29.6 Å². The monoisotopic (exact) mass is 343 g/mol. The van der Waals surface area contributed by atoms with Crippen molar-refractivity contribution in [3.05, 3.63) is 29.7 Å². The highest BCUT2D eigenvalue weighted by Gasteiger charge is 2.31. The number of aryl methyl sites for hydroxylation is 1. The molecule has 8 nitrogen and oxygen atoms in total. The SMILES string of the molecule is Cc1nn(-c2ccc3nncn3n2)c2c1[C@H](C(C)C)SCC(=O)N2. The predicted molar refractivity (Wildman–Crippen MR) is 91.3 cm³/mol. The molecule has 0 fully saturated rings. The molecule has 24 heavy (non-hydrogen) atoms. The van der Waals surface area contributed by atoms with Gasteiger partial charge in [-0.1, -0.05) is 13.8 Å². The second kappa shape index (κ2) is 5.59. The summed E-state index contributed by atoms with van der Waals surface area (Å²) in [7, 11) is 0. The number of carbonyl (C=O) groups is 1. The maximum absolute atomic E-state index is 12.2. The number of anilines is 1. The van der Waals surface area contributed by atoms with E-state index in [1.165, 1.54) is 0 Å². The van der Waals surface area contributed by atoms with Gasteiger partial charge in [-0.05, 0) is 25.0 Å². The summed E-state index contributed by atoms with van der Waals surface area (Å²) in [4.78, 5) is 12.2. The molecule has 1 N–H and O–H groups in total. The fourth-order valence-electron chi connectivity index (χ4n) is 2.94. The molecule has 1 aliphatic rings. The summed E-state index contributed by atoms with van der Waals surface area (Å²) < 4.78 is 3.29. The van der Waals surface area contributed by atoms with Crippen LogP contribution >= 0.6 is 11.8 Å². The van der Waals surface area contributed by atoms with Gasteiger partial charge in [0.25, 0.3) is 0 Å². The van der Waals surface area contributed by atoms with Crippen LogP contribution in [0.25, 0.3) is 11.5 Å². The minimum absolute atomic E-state index is 0.0177. The lowest BCUT2D eigenvalue weighted by atomic mass is 10.0. The third kappa shape index (κ3) is 2.35. The summed E-state index contributed by atoms with van der Waals surface area (Å²) in [5.74, 6) is 2.14. The molecule has 1 amide bonds. The largest absolute Gasteiger partial charge is 0.310 e. The molecule has 124 valence electrons. The molecule has 0 saturated carbocycles. The number of amides is 1. The van der Waals surface area contributed by atoms with Gasteiger partial charge in [0, 0.05) is 10.8 Å². The van der Waals surface area contributed by atoms with Crippen molar-refractivity contribution in [3.8, 4) is 5.82 Å². The van der Waals surface area contributed by atoms with Crippen LogP contribution in [0.1, 0.15) is 30.4 Å². The lowest BCUT2D eigenvalue weighted by Crippen LogP contribution is -2.16. The highest BCUT2D eigenvalue weighted by atomic mass is 32.2. The second-order valence-electron chi connectivity index (χ2n) is 6.11. The molecule has 4 heterocycles. The van der Waals surface area contributed by atoms with E-state index in [0.717, 1.165) is 11.3 Å². The third-order valence-electron chi connectivity index (χ3n) is 4.01. The first kappa shape index (κ1) is 15.1. The fourth-order valence-corrected chi connectivity index (χ4v) is 4.18. The summed E-state index contributed by atoms with van der Waals surface area (Å²) >= 11 is 1.66. The first-order valence-corrected chi connectivity index (χ1v) is 8.78. The van der Waals surface area contributed by atoms with Crippen LogP contribution in [0.4, 0.5) is 5.82 Å². The van der Waals surface area contributed by atoms with Gasteiger partial charge in [0.1, 0.15) is 12.1 Å². The fraction of sp³-hybridized carbons (Fsp3) is 0.400. The maximum Gasteiger partial charge on any atom is 0.235 e. The molecule has 9 heteroatoms. The molecule has 4 rings (SSSR count). The number of fused-ring (bicyclic) bond motifs is 2. The van der Waals surface area contributed by atoms with Gasteiger partial charge >= 0.3 is 0 Å². The number of hydrogen-bond acceptors (Lipinski definition) is 6. The Balaban J connectivity index is 1.91. The molecular weight excluding hydrogens is 326 g/mol. The molecule has 1 aliphatic heterocycles. The zero-order valence-electron chi connectivity index (χ0n) is 13.6. The van der Waals surface area contributed by atoms with Crippen molar-refractivity contribution in [2.45, 2.75) is 26.0 Å². The van der Waals surface area contributed by atoms with E-state index in [1.54, 1.807) is 27.3 Å². The predicted octanol–water partition coefficient (Wildman–Crippen LogP) is 2.00. The molecule has 3 aromatic heterocycles. The zero-order chi connectivity index (χ0) is 16.8. The van der Waals surface area contributed by atoms with Gasteiger partial charge in [0.15, 0.2) is 11.5 Å². The Kier molecular flexibility index (Phi) is 3.52. The normalized spacial score (nSPS) is 17.8. The van der Waals surface area contributed by atoms with Gasteiger partial charge < -0.3 is 5.32 Å². The molecule has 0 aromatic carbocycles. The van der Waals surface area contributed by atoms with Crippen LogP contribution in [0, 0.1) is 12.8 Å². The zero-order valence-corrected chi connectivity index (χ0v) is 14.4. The van der Waals surface area contributed by atoms with E-state index in [-0.39, 0.29) is 11.2 Å². The number of aromatic nitrogens is 6. The summed E-state index contributed by atoms with van der Waals surface area (Å²) in [6.45, 7) is 6.30. The van der Waals surface area contributed by atoms with Crippen LogP contribution in [0.2, 0.25) is 0 Å². The quantitative estimate of drug-likeness (QED) is 0.765. The van der Waals surface area contributed by atoms with Crippen LogP contribution in [-0.4, -0.2) is 41.3 Å². The highest BCUT2D eigenvalue weighted by Crippen LogP contribution is 2.43. The number of nitrogens with one attached hydrogen (secondary N) is 1. The Bertz CT molecular complexity index is 929. The first-order valence-electron chi connectivity index (χ1n) is 7.73. The van der Waals surface area contributed by atoms with Gasteiger partial charge in [-0.3, -0.25) is 4.79 Å². The first-order chi connectivity index (χ1) is 11.5. The van der Waals surface area contributed by atoms with Gasteiger partial charge in [-0.15, -0.1) is 27.1 Å². The Labute approximate surface area is 142 Å². The van der Waals surface area contributed by atoms with Crippen molar-refractivity contribution in [2.24, 2.45) is 5.92 Å². The smallest absolute Gasteiger partial charge is 0.235 e. The molecule has 0 radical (unpaired) electrons. The summed E-state index contributed by atoms with van der Waals surface area (Å²) in [5, 5.41) is 20.1. The number of rotatable bonds is 2. The molecule has 3 aromatic rings. The van der Waals surface area contributed by atoms with E-state index >= 15 is 0 Å². The van der Waals surface area contributed by atoms with Crippen molar-refractivity contribution in [2.75, 3.05) is 11.1 Å². The Morgan fingerprint density at radius 1 is 1.33 bits per heavy atom. The van der Waals surface area contributed by atoms with Crippen molar-refractivity contribution in [1.29, 1.82) is 0 Å². The molecular formula is C15H17N7OS. The minimum atomic E-state index is -0.0177. The second-order valence-corrected chi connectivity index (χ2v) is 7.24. The lowest BCUT2D eigenvalue weighted by molar-refractivity contribution is -0.113. The number of thioether (sulfide) groups is 1. The van der Waals surface area contributed by atoms with Gasteiger partial charge in [0.2, 0.25) is 5.91 Å². The molecule has 0 bridgehead atoms. The molecule has 0 aliphatic carbocycles. The number of carbonyl (C=O) groups excluding carboxylic acids is 1. The van der Waals surface area contributed by atoms with Crippen molar-refractivity contribution in [3.63, 3.8) is 0 Å². The van der Waals surface area contributed by atoms with E-state index in [2.05, 4.69) is 39.6 Å². The maximum atomic E-state index is 12.2. The van der Waals surface area contributed by atoms with Crippen LogP contribution in [0.3, 0.4) is 0 Å². The van der Waals surface area contributed by atoms with Crippen molar-refractivity contribution < 1.29 is 4.79 Å². The number of hydrogen-bond donors (Lipinski definition) is 1. The summed E-state index contributed by atoms with van der Waals surface area (Å²) in [6, 6.07) is 3.65. The van der Waals surface area contributed by atoms with Gasteiger partial charge in [-0.2, -0.15) is 14.3 Å². The van der Waals surface area contributed by atoms with Gasteiger partial charge in [-0.25, -0.2) is 0 Å². The van der Waals surface area contributed by atoms with E-state index in [1.807, 2.05) is 19.1 Å². The Morgan fingerprint density at radius 2 is 2.17 bits per heavy atom. The van der Waals surface area contributed by atoms with Crippen molar-refractivity contribution >= 4 is 29.1 Å². The third-order valence-corrected chi connectivity index (χ3v) is 5.58. The van der Waals surface area contributed by atoms with Crippen LogP contribution in [0.5, 0.6) is 0 Å². The van der Waals surface area contributed by atoms with E-state index in [0.29, 0.717) is 29.0 Å². The van der Waals surface area contributed by atoms with Crippen LogP contribution < -0.4 is 5.32 Å². The van der Waals surface area contributed by atoms with E-state index in [9.17, 15) is 4.79 Å². The van der Waals surface area contributed by atoms with Gasteiger partial charge in [0.05, 0.1) is 11.4 Å². The standard InChI is InChI=1S/C15H17N7OS/c1-8(2)14-13-9(3)19-22(15(13)17-12(23)6-24-14)11-5-4-10-18-16-7-21(10)20-11/h4-5,7-8,14H,6H2,1-3H3,(H,17,23)/t14-/m0/s1. The van der Waals surface area contributed by atoms with E-state index in [4.69, 9.17) is 0 Å². The Morgan fingerprint density at radius 3 is 2.96 bits per heavy atom. The molecule has 1 atom stereocenters. The van der Waals surface area contributed by atoms with E-state index < -0.39 is 0 Å². The average Bonchev–Trinajstić information content (AvgIpc) is 3.07. The van der Waals surface area contributed by atoms with Crippen LogP contribution in [-0.2, 0) is 4.79 Å². The molecule has 0 saturated heterocycles. The lowest BCUT2D eigenvalue weighted by Gasteiger charge is -2.18. The Hall–Kier alpha value is -2.42. The molecule has 0 unspecified atom stereocenters. The molecule has 0 spiro atoms. The summed E-state index contributed by atoms with van der Waals surface area (Å²) in [5.41, 5.74) is 2.64. The number of nitrogens with zero attached hydrogens (tertiary/aromatic N) is 6. The highest BCUT2D eigenvalue weighted by molar-refractivity contribution is 8.00. The average molecular weight is 343 g/mol.